The molecule has 0 atom stereocenters. The fourth-order valence-electron chi connectivity index (χ4n) is 14.2. The molecule has 5 heterocycles. The number of hydrogen-bond donors (Lipinski definition) is 8. The second kappa shape index (κ2) is 42.5. The number of aromatic amines is 3. The van der Waals surface area contributed by atoms with Crippen LogP contribution in [0.1, 0.15) is 151 Å². The van der Waals surface area contributed by atoms with Crippen molar-refractivity contribution >= 4 is 174 Å². The third-order valence-electron chi connectivity index (χ3n) is 20.5. The molecule has 1 aliphatic rings. The first-order chi connectivity index (χ1) is 59.9. The molecule has 0 saturated heterocycles. The van der Waals surface area contributed by atoms with E-state index in [1.807, 2.05) is 102 Å². The maximum absolute atomic E-state index is 13.3. The van der Waals surface area contributed by atoms with Crippen LogP contribution in [0.25, 0.3) is 32.7 Å². The summed E-state index contributed by atoms with van der Waals surface area (Å²) < 4.78 is 108. The second-order valence-corrected chi connectivity index (χ2v) is 37.8. The van der Waals surface area contributed by atoms with E-state index in [0.717, 1.165) is 65.8 Å². The zero-order valence-electron chi connectivity index (χ0n) is 69.9. The Morgan fingerprint density at radius 2 is 0.778 bits per heavy atom. The monoisotopic (exact) mass is 1890 g/mol. The average molecular weight is 1890 g/mol. The molecule has 0 radical (unpaired) electrons. The van der Waals surface area contributed by atoms with Gasteiger partial charge in [-0.2, -0.15) is 0 Å². The number of H-pyrrole nitrogens is 3. The molecule has 126 heavy (non-hydrogen) atoms. The first kappa shape index (κ1) is 95.6. The topological polar surface area (TPSA) is 375 Å². The second-order valence-electron chi connectivity index (χ2n) is 29.9. The third-order valence-corrected chi connectivity index (χ3v) is 26.7. The van der Waals surface area contributed by atoms with Crippen molar-refractivity contribution in [3.63, 3.8) is 0 Å². The number of rotatable bonds is 35. The van der Waals surface area contributed by atoms with Crippen LogP contribution in [0.2, 0.25) is 30.1 Å². The molecule has 0 unspecified atom stereocenters. The number of halogens is 6. The molecule has 0 fully saturated rings. The van der Waals surface area contributed by atoms with Crippen LogP contribution in [-0.4, -0.2) is 155 Å². The van der Waals surface area contributed by atoms with Gasteiger partial charge in [0.25, 0.3) is 35.4 Å². The van der Waals surface area contributed by atoms with Gasteiger partial charge in [0.05, 0.1) is 55.3 Å². The number of nitrogens with zero attached hydrogens (tertiary/aromatic N) is 2. The summed E-state index contributed by atoms with van der Waals surface area (Å²) in [7, 11) is -10.7. The van der Waals surface area contributed by atoms with Gasteiger partial charge in [-0.15, -0.1) is 0 Å². The Labute approximate surface area is 759 Å². The maximum Gasteiger partial charge on any atom is 0.281 e. The lowest BCUT2D eigenvalue weighted by Crippen LogP contribution is -2.39. The summed E-state index contributed by atoms with van der Waals surface area (Å²) in [5.41, 5.74) is 11.3. The fourth-order valence-corrected chi connectivity index (χ4v) is 17.7. The molecule has 4 aromatic heterocycles. The number of carbonyl (C=O) groups is 7. The number of carbonyl (C=O) groups excluding carboxylic acids is 7. The summed E-state index contributed by atoms with van der Waals surface area (Å²) in [6, 6.07) is 43.8. The van der Waals surface area contributed by atoms with Gasteiger partial charge >= 0.3 is 0 Å². The molecule has 7 amide bonds. The predicted octanol–water partition coefficient (Wildman–Crippen LogP) is 16.6. The lowest BCUT2D eigenvalue weighted by Gasteiger charge is -2.14. The zero-order valence-corrected chi connectivity index (χ0v) is 76.8. The minimum absolute atomic E-state index is 0.0785. The van der Waals surface area contributed by atoms with Gasteiger partial charge in [-0.1, -0.05) is 119 Å². The van der Waals surface area contributed by atoms with Crippen LogP contribution in [0.5, 0.6) is 23.0 Å². The van der Waals surface area contributed by atoms with Crippen molar-refractivity contribution < 1.29 is 77.8 Å². The van der Waals surface area contributed by atoms with Gasteiger partial charge in [0.15, 0.2) is 0 Å². The Morgan fingerprint density at radius 3 is 1.13 bits per heavy atom. The first-order valence-electron chi connectivity index (χ1n) is 39.9. The van der Waals surface area contributed by atoms with Gasteiger partial charge in [0, 0.05) is 102 Å². The molecule has 0 spiro atoms. The molecule has 0 bridgehead atoms. The molecular weight excluding hydrogens is 1800 g/mol. The molecule has 0 aliphatic carbocycles. The molecule has 8 N–H and O–H groups in total. The van der Waals surface area contributed by atoms with Crippen molar-refractivity contribution in [1.82, 2.24) is 49.2 Å². The molecule has 36 heteroatoms. The normalized spacial score (nSPS) is 12.0. The number of imide groups is 1. The highest BCUT2D eigenvalue weighted by molar-refractivity contribution is 7.90. The van der Waals surface area contributed by atoms with Crippen molar-refractivity contribution in [3.05, 3.63) is 278 Å². The van der Waals surface area contributed by atoms with Crippen LogP contribution in [0.4, 0.5) is 0 Å². The Hall–Kier alpha value is -11.1. The number of nitrogens with one attached hydrogen (secondary N) is 8. The van der Waals surface area contributed by atoms with Crippen molar-refractivity contribution in [1.29, 1.82) is 0 Å². The maximum atomic E-state index is 13.3. The highest BCUT2D eigenvalue weighted by Gasteiger charge is 2.37. The van der Waals surface area contributed by atoms with Gasteiger partial charge in [-0.3, -0.25) is 38.5 Å². The lowest BCUT2D eigenvalue weighted by atomic mass is 10.1. The molecular formula is C90H92Cl6N10O17S3. The van der Waals surface area contributed by atoms with Crippen molar-refractivity contribution in [3.8, 4) is 23.0 Å². The number of methoxy groups -OCH3 is 1. The number of amides is 7. The number of ether oxygens (including phenoxy) is 4. The van der Waals surface area contributed by atoms with Gasteiger partial charge in [0.2, 0.25) is 36.0 Å². The van der Waals surface area contributed by atoms with Gasteiger partial charge in [-0.25, -0.2) is 39.4 Å². The van der Waals surface area contributed by atoms with E-state index in [0.29, 0.717) is 151 Å². The van der Waals surface area contributed by atoms with Crippen LogP contribution in [-0.2, 0) is 60.7 Å². The van der Waals surface area contributed by atoms with Crippen LogP contribution in [0.3, 0.4) is 0 Å². The number of aromatic nitrogens is 4. The summed E-state index contributed by atoms with van der Waals surface area (Å²) in [4.78, 5) is 98.9. The van der Waals surface area contributed by atoms with Gasteiger partial charge in [-0.05, 0) is 245 Å². The Balaban J connectivity index is 0.000000185. The molecule has 0 saturated carbocycles. The van der Waals surface area contributed by atoms with Crippen LogP contribution >= 0.6 is 69.6 Å². The molecule has 8 aromatic carbocycles. The van der Waals surface area contributed by atoms with Gasteiger partial charge in [0.1, 0.15) is 45.8 Å². The summed E-state index contributed by atoms with van der Waals surface area (Å²) in [5.74, 6) is -3.02. The Bertz CT molecular complexity index is 6410. The summed E-state index contributed by atoms with van der Waals surface area (Å²) >= 11 is 37.2. The van der Waals surface area contributed by atoms with Crippen LogP contribution < -0.4 is 43.7 Å². The van der Waals surface area contributed by atoms with E-state index in [1.165, 1.54) is 12.1 Å². The summed E-state index contributed by atoms with van der Waals surface area (Å²) in [5, 5.41) is 10.9. The standard InChI is InChI=1S/C35H36Cl2N4O6S.C30H27Cl2N3O6S.C25H29Cl2N3O5S/c1-22-18-27(19-23(2)32(22)37)47-16-5-6-29-28-13-10-25(36)20-30(28)39-33(29)35(43)40-48(44,45)17-14-38-34(42)31-7-4-15-41(31)21-24-8-11-26(46-3)12-9-24;1-17-14-20(15-18(2)26(17)32)41-12-5-8-22-21-10-9-19(31)16-25(21)33-27(22)28(36)34-42(39,40)13-11-35-29(37)23-6-3-4-7-24(23)30(35)38;1-4-22(31)28-9-11-36(33,34)30-25(32)24-20(19-8-7-17(26)14-21(19)29-24)6-5-10-35-18-12-15(2)23(27)16(3)13-18/h4,7-13,15,18-20,39H,5-6,14,16-17,21H2,1-3H3,(H,38,42)(H,40,43);3-4,6-7,9-10,14-16,33H,5,8,11-13H2,1-2H3,(H,34,36);7-8,12-14,29H,4-6,9-11H2,1-3H3,(H,28,31)(H,30,32). The number of benzene rings is 8. The van der Waals surface area contributed by atoms with E-state index >= 15 is 0 Å². The summed E-state index contributed by atoms with van der Waals surface area (Å²) in [6.07, 6.45) is 4.97. The molecule has 1 aliphatic heterocycles. The summed E-state index contributed by atoms with van der Waals surface area (Å²) in [6.45, 7) is 14.0. The van der Waals surface area contributed by atoms with E-state index in [9.17, 15) is 58.8 Å². The zero-order chi connectivity index (χ0) is 91.1. The first-order valence-corrected chi connectivity index (χ1v) is 47.1. The molecule has 12 aromatic rings. The fraction of sp³-hybridized carbons (Fsp3) is 0.278. The number of aryl methyl sites for hydroxylation is 9. The molecule has 13 rings (SSSR count). The SMILES string of the molecule is CCC(=O)NCCS(=O)(=O)NC(=O)c1[nH]c2cc(Cl)ccc2c1CCCOc1cc(C)c(Cl)c(C)c1.COc1ccc(Cn2cccc2C(=O)NCCS(=O)(=O)NC(=O)c2[nH]c3cc(Cl)ccc3c2CCCOc2cc(C)c(Cl)c(C)c2)cc1.Cc1cc(OCCCc2c(C(=O)NS(=O)(=O)CCN3C(=O)c4ccccc4C3=O)[nH]c3cc(Cl)ccc23)cc(C)c1Cl. The lowest BCUT2D eigenvalue weighted by molar-refractivity contribution is -0.120. The average Bonchev–Trinajstić information content (AvgIpc) is 1.65. The highest BCUT2D eigenvalue weighted by Crippen LogP contribution is 2.34. The van der Waals surface area contributed by atoms with E-state index in [4.69, 9.17) is 88.6 Å². The number of sulfonamides is 3. The third kappa shape index (κ3) is 24.8. The van der Waals surface area contributed by atoms with E-state index < -0.39 is 89.3 Å². The van der Waals surface area contributed by atoms with E-state index in [-0.39, 0.29) is 53.6 Å². The Kier molecular flexibility index (Phi) is 32.2. The van der Waals surface area contributed by atoms with Crippen LogP contribution in [0.15, 0.2) is 158 Å². The van der Waals surface area contributed by atoms with E-state index in [2.05, 4.69) is 39.8 Å². The van der Waals surface area contributed by atoms with E-state index in [1.54, 1.807) is 104 Å². The quantitative estimate of drug-likeness (QED) is 0.0135. The van der Waals surface area contributed by atoms with Gasteiger partial charge < -0.3 is 49.1 Å². The van der Waals surface area contributed by atoms with Crippen molar-refractivity contribution in [2.75, 3.05) is 63.8 Å². The number of fused-ring (bicyclic) bond motifs is 4. The Morgan fingerprint density at radius 1 is 0.421 bits per heavy atom. The predicted molar refractivity (Wildman–Crippen MR) is 492 cm³/mol. The molecule has 27 nitrogen and oxygen atoms in total. The smallest absolute Gasteiger partial charge is 0.281 e. The van der Waals surface area contributed by atoms with Crippen molar-refractivity contribution in [2.45, 2.75) is 100.0 Å². The van der Waals surface area contributed by atoms with Crippen LogP contribution in [0, 0.1) is 41.5 Å². The highest BCUT2D eigenvalue weighted by atomic mass is 35.5. The minimum atomic E-state index is -4.21. The number of hydrogen-bond acceptors (Lipinski definition) is 17. The largest absolute Gasteiger partial charge is 0.497 e. The molecule has 664 valence electrons. The van der Waals surface area contributed by atoms with Crippen molar-refractivity contribution in [2.24, 2.45) is 0 Å². The minimum Gasteiger partial charge on any atom is -0.497 e.